The van der Waals surface area contributed by atoms with E-state index >= 15 is 0 Å². The van der Waals surface area contributed by atoms with E-state index in [1.54, 1.807) is 12.4 Å². The molecule has 0 aromatic carbocycles. The van der Waals surface area contributed by atoms with Crippen molar-refractivity contribution in [3.05, 3.63) is 63.8 Å². The van der Waals surface area contributed by atoms with Gasteiger partial charge in [0.15, 0.2) is 0 Å². The van der Waals surface area contributed by atoms with Crippen molar-refractivity contribution in [2.45, 2.75) is 31.8 Å². The molecule has 2 aliphatic heterocycles. The molecule has 0 saturated carbocycles. The average Bonchev–Trinajstić information content (AvgIpc) is 2.65. The Bertz CT molecular complexity index is 891. The summed E-state index contributed by atoms with van der Waals surface area (Å²) in [4.78, 5) is 33.7. The van der Waals surface area contributed by atoms with Crippen LogP contribution in [0.1, 0.15) is 29.2 Å². The Labute approximate surface area is 159 Å². The Hall–Kier alpha value is -2.47. The van der Waals surface area contributed by atoms with E-state index in [4.69, 9.17) is 0 Å². The molecular weight excluding hydrogens is 340 g/mol. The Kier molecular flexibility index (Phi) is 4.83. The van der Waals surface area contributed by atoms with Crippen LogP contribution in [0.2, 0.25) is 0 Å². The summed E-state index contributed by atoms with van der Waals surface area (Å²) in [5.74, 6) is 0.765. The molecule has 4 heterocycles. The lowest BCUT2D eigenvalue weighted by Crippen LogP contribution is -2.49. The van der Waals surface area contributed by atoms with E-state index in [1.165, 1.54) is 0 Å². The number of carbonyl (C=O) groups is 1. The highest BCUT2D eigenvalue weighted by Gasteiger charge is 2.36. The highest BCUT2D eigenvalue weighted by atomic mass is 16.2. The number of nitrogens with zero attached hydrogens (tertiary/aromatic N) is 4. The molecule has 2 aliphatic rings. The van der Waals surface area contributed by atoms with Crippen LogP contribution in [0, 0.1) is 5.92 Å². The number of amides is 1. The van der Waals surface area contributed by atoms with E-state index in [-0.39, 0.29) is 17.4 Å². The first kappa shape index (κ1) is 17.9. The van der Waals surface area contributed by atoms with Crippen molar-refractivity contribution in [1.82, 2.24) is 19.4 Å². The SMILES string of the molecule is CN(C)Cc1ccc2n(c1=O)C[C@H]1C[C@@H]2CN(C(=O)Cc2ccncc2)C1. The zero-order valence-electron chi connectivity index (χ0n) is 16.0. The van der Waals surface area contributed by atoms with Crippen LogP contribution in [0.15, 0.2) is 41.5 Å². The number of hydrogen-bond donors (Lipinski definition) is 0. The third-order valence-corrected chi connectivity index (χ3v) is 5.63. The van der Waals surface area contributed by atoms with Crippen LogP contribution in [0.4, 0.5) is 0 Å². The van der Waals surface area contributed by atoms with E-state index in [0.717, 1.165) is 29.8 Å². The van der Waals surface area contributed by atoms with Gasteiger partial charge in [-0.25, -0.2) is 0 Å². The van der Waals surface area contributed by atoms with Crippen LogP contribution in [0.3, 0.4) is 0 Å². The van der Waals surface area contributed by atoms with Gasteiger partial charge < -0.3 is 14.4 Å². The molecule has 2 atom stereocenters. The van der Waals surface area contributed by atoms with Crippen molar-refractivity contribution in [2.24, 2.45) is 5.92 Å². The maximum absolute atomic E-state index is 12.9. The zero-order valence-corrected chi connectivity index (χ0v) is 16.0. The quantitative estimate of drug-likeness (QED) is 0.823. The van der Waals surface area contributed by atoms with Gasteiger partial charge in [0.05, 0.1) is 6.42 Å². The third kappa shape index (κ3) is 3.67. The summed E-state index contributed by atoms with van der Waals surface area (Å²) in [7, 11) is 3.95. The van der Waals surface area contributed by atoms with E-state index in [9.17, 15) is 9.59 Å². The highest BCUT2D eigenvalue weighted by Crippen LogP contribution is 2.35. The fraction of sp³-hybridized carbons (Fsp3) is 0.476. The Balaban J connectivity index is 1.54. The van der Waals surface area contributed by atoms with Crippen LogP contribution in [-0.2, 0) is 24.3 Å². The topological polar surface area (TPSA) is 58.4 Å². The third-order valence-electron chi connectivity index (χ3n) is 5.63. The second-order valence-corrected chi connectivity index (χ2v) is 8.07. The van der Waals surface area contributed by atoms with Gasteiger partial charge >= 0.3 is 0 Å². The summed E-state index contributed by atoms with van der Waals surface area (Å²) < 4.78 is 1.96. The number of rotatable bonds is 4. The summed E-state index contributed by atoms with van der Waals surface area (Å²) in [5, 5.41) is 0. The average molecular weight is 366 g/mol. The van der Waals surface area contributed by atoms with Crippen molar-refractivity contribution in [1.29, 1.82) is 0 Å². The van der Waals surface area contributed by atoms with Gasteiger partial charge in [0.25, 0.3) is 5.56 Å². The Morgan fingerprint density at radius 3 is 2.67 bits per heavy atom. The van der Waals surface area contributed by atoms with Gasteiger partial charge in [0, 0.05) is 55.7 Å². The van der Waals surface area contributed by atoms with Crippen LogP contribution >= 0.6 is 0 Å². The molecule has 0 N–H and O–H groups in total. The van der Waals surface area contributed by atoms with Gasteiger partial charge in [-0.3, -0.25) is 14.6 Å². The molecule has 0 radical (unpaired) electrons. The van der Waals surface area contributed by atoms with Gasteiger partial charge in [-0.05, 0) is 50.2 Å². The largest absolute Gasteiger partial charge is 0.341 e. The van der Waals surface area contributed by atoms with E-state index < -0.39 is 0 Å². The summed E-state index contributed by atoms with van der Waals surface area (Å²) >= 11 is 0. The van der Waals surface area contributed by atoms with E-state index in [2.05, 4.69) is 11.1 Å². The molecule has 1 fully saturated rings. The summed E-state index contributed by atoms with van der Waals surface area (Å²) in [6, 6.07) is 7.85. The van der Waals surface area contributed by atoms with E-state index in [1.807, 2.05) is 46.7 Å². The first-order valence-corrected chi connectivity index (χ1v) is 9.55. The lowest BCUT2D eigenvalue weighted by Gasteiger charge is -2.43. The van der Waals surface area contributed by atoms with Gasteiger partial charge in [-0.2, -0.15) is 0 Å². The van der Waals surface area contributed by atoms with Crippen molar-refractivity contribution >= 4 is 5.91 Å². The molecule has 0 spiro atoms. The van der Waals surface area contributed by atoms with Crippen LogP contribution in [-0.4, -0.2) is 52.4 Å². The highest BCUT2D eigenvalue weighted by molar-refractivity contribution is 5.79. The molecule has 4 rings (SSSR count). The molecule has 2 aromatic heterocycles. The lowest BCUT2D eigenvalue weighted by molar-refractivity contribution is -0.133. The number of likely N-dealkylation sites (tertiary alicyclic amines) is 1. The number of hydrogen-bond acceptors (Lipinski definition) is 4. The van der Waals surface area contributed by atoms with Crippen molar-refractivity contribution in [3.63, 3.8) is 0 Å². The minimum absolute atomic E-state index is 0.132. The first-order chi connectivity index (χ1) is 13.0. The molecule has 2 bridgehead atoms. The number of carbonyl (C=O) groups excluding carboxylic acids is 1. The molecule has 6 nitrogen and oxygen atoms in total. The second kappa shape index (κ2) is 7.27. The lowest BCUT2D eigenvalue weighted by atomic mass is 9.82. The monoisotopic (exact) mass is 366 g/mol. The van der Waals surface area contributed by atoms with Crippen molar-refractivity contribution < 1.29 is 4.79 Å². The van der Waals surface area contributed by atoms with Gasteiger partial charge in [-0.1, -0.05) is 6.07 Å². The molecule has 0 unspecified atom stereocenters. The molecule has 2 aromatic rings. The maximum atomic E-state index is 12.9. The number of fused-ring (bicyclic) bond motifs is 4. The van der Waals surface area contributed by atoms with Crippen molar-refractivity contribution in [3.8, 4) is 0 Å². The maximum Gasteiger partial charge on any atom is 0.255 e. The molecule has 6 heteroatoms. The van der Waals surface area contributed by atoms with Gasteiger partial charge in [0.2, 0.25) is 5.91 Å². The normalized spacial score (nSPS) is 21.2. The zero-order chi connectivity index (χ0) is 19.0. The predicted molar refractivity (Wildman–Crippen MR) is 103 cm³/mol. The summed E-state index contributed by atoms with van der Waals surface area (Å²) in [6.07, 6.45) is 4.92. The van der Waals surface area contributed by atoms with Crippen LogP contribution < -0.4 is 5.56 Å². The molecule has 1 saturated heterocycles. The smallest absolute Gasteiger partial charge is 0.255 e. The number of pyridine rings is 2. The second-order valence-electron chi connectivity index (χ2n) is 8.07. The fourth-order valence-corrected chi connectivity index (χ4v) is 4.44. The number of aromatic nitrogens is 2. The minimum Gasteiger partial charge on any atom is -0.341 e. The molecule has 1 amide bonds. The Morgan fingerprint density at radius 1 is 1.15 bits per heavy atom. The number of piperidine rings is 1. The summed E-state index contributed by atoms with van der Waals surface area (Å²) in [5.41, 5.74) is 3.05. The van der Waals surface area contributed by atoms with E-state index in [0.29, 0.717) is 32.0 Å². The fourth-order valence-electron chi connectivity index (χ4n) is 4.44. The standard InChI is InChI=1S/C21H26N4O2/c1-23(2)13-17-3-4-19-18-9-16(12-25(19)21(17)27)11-24(14-18)20(26)10-15-5-7-22-8-6-15/h3-8,16,18H,9-14H2,1-2H3/t16-,18+/m0/s1. The molecule has 142 valence electrons. The van der Waals surface area contributed by atoms with Gasteiger partial charge in [0.1, 0.15) is 0 Å². The van der Waals surface area contributed by atoms with Crippen molar-refractivity contribution in [2.75, 3.05) is 27.2 Å². The van der Waals surface area contributed by atoms with Crippen LogP contribution in [0.5, 0.6) is 0 Å². The van der Waals surface area contributed by atoms with Crippen LogP contribution in [0.25, 0.3) is 0 Å². The first-order valence-electron chi connectivity index (χ1n) is 9.55. The minimum atomic E-state index is 0.132. The molecule has 0 aliphatic carbocycles. The molecule has 27 heavy (non-hydrogen) atoms. The Morgan fingerprint density at radius 2 is 1.93 bits per heavy atom. The summed E-state index contributed by atoms with van der Waals surface area (Å²) in [6.45, 7) is 2.81. The van der Waals surface area contributed by atoms with Gasteiger partial charge in [-0.15, -0.1) is 0 Å². The molecular formula is C21H26N4O2. The predicted octanol–water partition coefficient (Wildman–Crippen LogP) is 1.49.